The van der Waals surface area contributed by atoms with Gasteiger partial charge in [-0.15, -0.1) is 0 Å². The average molecular weight is 412 g/mol. The standard InChI is InChI=1S/C25H37N3O2/c1-19-12-16-27(17-13-19)15-7-14-26-24(29)23-18-21-10-5-6-11-22(21)28(23)25(30)20-8-3-2-4-9-20/h2-4,8-9,19,21-23H,5-7,10-18H2,1H3,(H,26,29). The fourth-order valence-electron chi connectivity index (χ4n) is 5.63. The second kappa shape index (κ2) is 9.95. The number of fused-ring (bicyclic) bond motifs is 1. The molecule has 1 aliphatic carbocycles. The van der Waals surface area contributed by atoms with Crippen LogP contribution >= 0.6 is 0 Å². The summed E-state index contributed by atoms with van der Waals surface area (Å²) in [5.41, 5.74) is 0.695. The Balaban J connectivity index is 1.34. The largest absolute Gasteiger partial charge is 0.354 e. The number of hydrogen-bond donors (Lipinski definition) is 1. The lowest BCUT2D eigenvalue weighted by atomic mass is 9.84. The Morgan fingerprint density at radius 1 is 1.03 bits per heavy atom. The molecular weight excluding hydrogens is 374 g/mol. The van der Waals surface area contributed by atoms with E-state index < -0.39 is 0 Å². The maximum atomic E-state index is 13.3. The van der Waals surface area contributed by atoms with Crippen molar-refractivity contribution in [2.45, 2.75) is 70.4 Å². The van der Waals surface area contributed by atoms with Crippen molar-refractivity contribution < 1.29 is 9.59 Å². The average Bonchev–Trinajstić information content (AvgIpc) is 3.17. The van der Waals surface area contributed by atoms with Crippen molar-refractivity contribution >= 4 is 11.8 Å². The molecule has 3 aliphatic rings. The van der Waals surface area contributed by atoms with Crippen LogP contribution in [0, 0.1) is 11.8 Å². The molecule has 30 heavy (non-hydrogen) atoms. The van der Waals surface area contributed by atoms with E-state index in [4.69, 9.17) is 0 Å². The van der Waals surface area contributed by atoms with Gasteiger partial charge in [-0.05, 0) is 82.1 Å². The zero-order valence-electron chi connectivity index (χ0n) is 18.4. The van der Waals surface area contributed by atoms with Gasteiger partial charge in [0.15, 0.2) is 0 Å². The Kier molecular flexibility index (Phi) is 7.08. The molecule has 164 valence electrons. The Morgan fingerprint density at radius 2 is 1.77 bits per heavy atom. The molecule has 5 nitrogen and oxygen atoms in total. The van der Waals surface area contributed by atoms with Gasteiger partial charge in [-0.2, -0.15) is 0 Å². The molecule has 1 aromatic rings. The minimum absolute atomic E-state index is 0.0209. The Bertz CT molecular complexity index is 714. The van der Waals surface area contributed by atoms with Gasteiger partial charge in [0, 0.05) is 18.2 Å². The van der Waals surface area contributed by atoms with Gasteiger partial charge in [0.25, 0.3) is 5.91 Å². The lowest BCUT2D eigenvalue weighted by molar-refractivity contribution is -0.125. The fraction of sp³-hybridized carbons (Fsp3) is 0.680. The monoisotopic (exact) mass is 411 g/mol. The number of hydrogen-bond acceptors (Lipinski definition) is 3. The topological polar surface area (TPSA) is 52.7 Å². The van der Waals surface area contributed by atoms with E-state index in [0.717, 1.165) is 44.6 Å². The molecule has 0 aromatic heterocycles. The molecule has 2 aliphatic heterocycles. The highest BCUT2D eigenvalue weighted by molar-refractivity contribution is 5.98. The van der Waals surface area contributed by atoms with Gasteiger partial charge < -0.3 is 15.1 Å². The molecule has 3 atom stereocenters. The van der Waals surface area contributed by atoms with E-state index in [1.807, 2.05) is 35.2 Å². The van der Waals surface area contributed by atoms with E-state index in [1.54, 1.807) is 0 Å². The van der Waals surface area contributed by atoms with Crippen molar-refractivity contribution in [3.63, 3.8) is 0 Å². The summed E-state index contributed by atoms with van der Waals surface area (Å²) >= 11 is 0. The van der Waals surface area contributed by atoms with Crippen LogP contribution in [0.4, 0.5) is 0 Å². The van der Waals surface area contributed by atoms with Crippen LogP contribution in [-0.4, -0.2) is 59.9 Å². The smallest absolute Gasteiger partial charge is 0.254 e. The number of likely N-dealkylation sites (tertiary alicyclic amines) is 2. The maximum Gasteiger partial charge on any atom is 0.254 e. The van der Waals surface area contributed by atoms with E-state index in [0.29, 0.717) is 18.0 Å². The third-order valence-corrected chi connectivity index (χ3v) is 7.47. The van der Waals surface area contributed by atoms with Crippen LogP contribution in [0.3, 0.4) is 0 Å². The number of rotatable bonds is 6. The van der Waals surface area contributed by atoms with Gasteiger partial charge in [-0.3, -0.25) is 9.59 Å². The van der Waals surface area contributed by atoms with Crippen LogP contribution in [0.25, 0.3) is 0 Å². The quantitative estimate of drug-likeness (QED) is 0.726. The highest BCUT2D eigenvalue weighted by atomic mass is 16.2. The first-order valence-electron chi connectivity index (χ1n) is 12.0. The molecule has 0 radical (unpaired) electrons. The molecule has 5 heteroatoms. The molecular formula is C25H37N3O2. The van der Waals surface area contributed by atoms with Crippen LogP contribution in [-0.2, 0) is 4.79 Å². The van der Waals surface area contributed by atoms with Gasteiger partial charge in [-0.25, -0.2) is 0 Å². The van der Waals surface area contributed by atoms with Crippen LogP contribution < -0.4 is 5.32 Å². The number of benzene rings is 1. The first-order chi connectivity index (χ1) is 14.6. The van der Waals surface area contributed by atoms with Crippen LogP contribution in [0.2, 0.25) is 0 Å². The van der Waals surface area contributed by atoms with Gasteiger partial charge in [0.05, 0.1) is 0 Å². The van der Waals surface area contributed by atoms with E-state index >= 15 is 0 Å². The summed E-state index contributed by atoms with van der Waals surface area (Å²) in [5.74, 6) is 1.38. The lowest BCUT2D eigenvalue weighted by Gasteiger charge is -2.33. The summed E-state index contributed by atoms with van der Waals surface area (Å²) in [4.78, 5) is 30.9. The minimum atomic E-state index is -0.318. The zero-order chi connectivity index (χ0) is 20.9. The number of carbonyl (C=O) groups excluding carboxylic acids is 2. The molecule has 2 saturated heterocycles. The highest BCUT2D eigenvalue weighted by Crippen LogP contribution is 2.40. The van der Waals surface area contributed by atoms with Crippen LogP contribution in [0.5, 0.6) is 0 Å². The molecule has 0 spiro atoms. The molecule has 2 heterocycles. The Labute approximate surface area is 181 Å². The SMILES string of the molecule is CC1CCN(CCCNC(=O)C2CC3CCCCC3N2C(=O)c2ccccc2)CC1. The van der Waals surface area contributed by atoms with E-state index in [1.165, 1.54) is 32.4 Å². The summed E-state index contributed by atoms with van der Waals surface area (Å²) < 4.78 is 0. The molecule has 1 N–H and O–H groups in total. The molecule has 2 amide bonds. The lowest BCUT2D eigenvalue weighted by Crippen LogP contribution is -2.49. The van der Waals surface area contributed by atoms with E-state index in [2.05, 4.69) is 17.1 Å². The van der Waals surface area contributed by atoms with Crippen molar-refractivity contribution in [3.05, 3.63) is 35.9 Å². The van der Waals surface area contributed by atoms with E-state index in [9.17, 15) is 9.59 Å². The second-order valence-corrected chi connectivity index (χ2v) is 9.61. The third kappa shape index (κ3) is 4.88. The molecule has 0 bridgehead atoms. The normalized spacial score (nSPS) is 27.6. The third-order valence-electron chi connectivity index (χ3n) is 7.47. The molecule has 4 rings (SSSR count). The molecule has 3 unspecified atom stereocenters. The molecule has 1 aromatic carbocycles. The number of nitrogens with zero attached hydrogens (tertiary/aromatic N) is 2. The summed E-state index contributed by atoms with van der Waals surface area (Å²) in [5, 5.41) is 3.16. The van der Waals surface area contributed by atoms with Crippen molar-refractivity contribution in [2.24, 2.45) is 11.8 Å². The second-order valence-electron chi connectivity index (χ2n) is 9.61. The fourth-order valence-corrected chi connectivity index (χ4v) is 5.63. The minimum Gasteiger partial charge on any atom is -0.354 e. The van der Waals surface area contributed by atoms with Gasteiger partial charge in [-0.1, -0.05) is 38.0 Å². The molecule has 3 fully saturated rings. The molecule has 1 saturated carbocycles. The first kappa shape index (κ1) is 21.4. The van der Waals surface area contributed by atoms with E-state index in [-0.39, 0.29) is 23.9 Å². The van der Waals surface area contributed by atoms with Crippen LogP contribution in [0.1, 0.15) is 68.6 Å². The highest BCUT2D eigenvalue weighted by Gasteiger charge is 2.47. The van der Waals surface area contributed by atoms with Gasteiger partial charge >= 0.3 is 0 Å². The summed E-state index contributed by atoms with van der Waals surface area (Å²) in [7, 11) is 0. The first-order valence-corrected chi connectivity index (χ1v) is 12.0. The predicted molar refractivity (Wildman–Crippen MR) is 119 cm³/mol. The van der Waals surface area contributed by atoms with Crippen molar-refractivity contribution in [2.75, 3.05) is 26.2 Å². The number of nitrogens with one attached hydrogen (secondary N) is 1. The van der Waals surface area contributed by atoms with Gasteiger partial charge in [0.1, 0.15) is 6.04 Å². The summed E-state index contributed by atoms with van der Waals surface area (Å²) in [6, 6.07) is 9.37. The van der Waals surface area contributed by atoms with Crippen LogP contribution in [0.15, 0.2) is 30.3 Å². The summed E-state index contributed by atoms with van der Waals surface area (Å²) in [6.45, 7) is 6.44. The Morgan fingerprint density at radius 3 is 2.53 bits per heavy atom. The number of piperidine rings is 1. The number of amides is 2. The predicted octanol–water partition coefficient (Wildman–Crippen LogP) is 3.70. The Hall–Kier alpha value is -1.88. The van der Waals surface area contributed by atoms with Gasteiger partial charge in [0.2, 0.25) is 5.91 Å². The summed E-state index contributed by atoms with van der Waals surface area (Å²) in [6.07, 6.45) is 8.91. The maximum absolute atomic E-state index is 13.3. The zero-order valence-corrected chi connectivity index (χ0v) is 18.4. The van der Waals surface area contributed by atoms with Crippen molar-refractivity contribution in [3.8, 4) is 0 Å². The van der Waals surface area contributed by atoms with Crippen molar-refractivity contribution in [1.29, 1.82) is 0 Å². The van der Waals surface area contributed by atoms with Crippen molar-refractivity contribution in [1.82, 2.24) is 15.1 Å². The number of carbonyl (C=O) groups is 2.